The van der Waals surface area contributed by atoms with Crippen LogP contribution in [-0.2, 0) is 19.0 Å². The van der Waals surface area contributed by atoms with Crippen molar-refractivity contribution in [2.45, 2.75) is 72.6 Å². The molecule has 0 radical (unpaired) electrons. The van der Waals surface area contributed by atoms with Gasteiger partial charge >= 0.3 is 18.2 Å². The van der Waals surface area contributed by atoms with E-state index >= 15 is 0 Å². The quantitative estimate of drug-likeness (QED) is 0.431. The minimum Gasteiger partial charge on any atom is -0.464 e. The van der Waals surface area contributed by atoms with E-state index in [1.54, 1.807) is 55.4 Å². The topological polar surface area (TPSA) is 126 Å². The van der Waals surface area contributed by atoms with Gasteiger partial charge in [-0.3, -0.25) is 0 Å². The van der Waals surface area contributed by atoms with Crippen LogP contribution in [0.3, 0.4) is 0 Å². The van der Waals surface area contributed by atoms with Gasteiger partial charge in [0.1, 0.15) is 28.2 Å². The molecular formula is C20H28BrN5O6. The fraction of sp³-hybridized carbons (Fsp3) is 0.600. The van der Waals surface area contributed by atoms with Gasteiger partial charge in [0.25, 0.3) is 0 Å². The summed E-state index contributed by atoms with van der Waals surface area (Å²) in [5, 5.41) is 4.53. The lowest BCUT2D eigenvalue weighted by Gasteiger charge is -2.28. The number of carbonyl (C=O) groups is 3. The van der Waals surface area contributed by atoms with Gasteiger partial charge in [-0.05, 0) is 71.3 Å². The standard InChI is InChI=1S/C20H28BrN5O6/c1-9-30-16(27)11(2)26-15-12(13(21)24-26)14(22-10-23-15)25(17(28)31-19(3,4)5)18(29)32-20(6,7)8/h10-11H,9H2,1-8H3. The number of esters is 1. The van der Waals surface area contributed by atoms with Crippen LogP contribution >= 0.6 is 15.9 Å². The highest BCUT2D eigenvalue weighted by Gasteiger charge is 2.36. The van der Waals surface area contributed by atoms with Crippen LogP contribution in [0.4, 0.5) is 15.4 Å². The number of halogens is 1. The maximum Gasteiger partial charge on any atom is 0.425 e. The van der Waals surface area contributed by atoms with Crippen molar-refractivity contribution < 1.29 is 28.6 Å². The zero-order valence-corrected chi connectivity index (χ0v) is 21.0. The van der Waals surface area contributed by atoms with E-state index in [-0.39, 0.29) is 28.1 Å². The predicted octanol–water partition coefficient (Wildman–Crippen LogP) is 4.39. The minimum absolute atomic E-state index is 0.104. The first-order chi connectivity index (χ1) is 14.7. The number of hydrogen-bond donors (Lipinski definition) is 0. The number of fused-ring (bicyclic) bond motifs is 1. The van der Waals surface area contributed by atoms with Crippen molar-refractivity contribution in [3.05, 3.63) is 10.9 Å². The van der Waals surface area contributed by atoms with Gasteiger partial charge in [0, 0.05) is 0 Å². The van der Waals surface area contributed by atoms with Gasteiger partial charge in [-0.15, -0.1) is 0 Å². The molecule has 11 nitrogen and oxygen atoms in total. The Bertz CT molecular complexity index is 996. The molecule has 0 aliphatic carbocycles. The van der Waals surface area contributed by atoms with E-state index in [9.17, 15) is 14.4 Å². The lowest BCUT2D eigenvalue weighted by atomic mass is 10.2. The van der Waals surface area contributed by atoms with Crippen molar-refractivity contribution in [3.8, 4) is 0 Å². The Balaban J connectivity index is 2.67. The Morgan fingerprint density at radius 3 is 2.06 bits per heavy atom. The third-order valence-corrected chi connectivity index (χ3v) is 4.34. The number of imide groups is 1. The second-order valence-corrected chi connectivity index (χ2v) is 9.61. The molecule has 0 spiro atoms. The maximum atomic E-state index is 13.0. The van der Waals surface area contributed by atoms with Gasteiger partial charge in [0.2, 0.25) is 0 Å². The van der Waals surface area contributed by atoms with Crippen molar-refractivity contribution in [3.63, 3.8) is 0 Å². The first-order valence-corrected chi connectivity index (χ1v) is 10.8. The number of amides is 2. The van der Waals surface area contributed by atoms with E-state index in [1.807, 2.05) is 0 Å². The van der Waals surface area contributed by atoms with Gasteiger partial charge in [-0.25, -0.2) is 29.0 Å². The fourth-order valence-electron chi connectivity index (χ4n) is 2.58. The Morgan fingerprint density at radius 1 is 1.06 bits per heavy atom. The number of aromatic nitrogens is 4. The summed E-state index contributed by atoms with van der Waals surface area (Å²) in [6.45, 7) is 13.5. The van der Waals surface area contributed by atoms with E-state index in [2.05, 4.69) is 31.0 Å². The maximum absolute atomic E-state index is 13.0. The lowest BCUT2D eigenvalue weighted by Crippen LogP contribution is -2.44. The molecule has 0 aliphatic rings. The smallest absolute Gasteiger partial charge is 0.425 e. The summed E-state index contributed by atoms with van der Waals surface area (Å²) in [5.74, 6) is -0.617. The van der Waals surface area contributed by atoms with E-state index in [0.717, 1.165) is 6.33 Å². The van der Waals surface area contributed by atoms with Crippen molar-refractivity contribution in [1.82, 2.24) is 19.7 Å². The molecular weight excluding hydrogens is 486 g/mol. The molecule has 0 fully saturated rings. The van der Waals surface area contributed by atoms with Crippen LogP contribution in [0.5, 0.6) is 0 Å². The minimum atomic E-state index is -0.982. The van der Waals surface area contributed by atoms with E-state index in [1.165, 1.54) is 4.68 Å². The fourth-order valence-corrected chi connectivity index (χ4v) is 3.11. The largest absolute Gasteiger partial charge is 0.464 e. The van der Waals surface area contributed by atoms with E-state index < -0.39 is 35.4 Å². The summed E-state index contributed by atoms with van der Waals surface area (Å²) in [7, 11) is 0. The van der Waals surface area contributed by atoms with Crippen molar-refractivity contribution >= 4 is 50.9 Å². The molecule has 0 N–H and O–H groups in total. The normalized spacial score (nSPS) is 12.9. The summed E-state index contributed by atoms with van der Waals surface area (Å²) < 4.78 is 17.4. The number of hydrogen-bond acceptors (Lipinski definition) is 9. The number of carbonyl (C=O) groups excluding carboxylic acids is 3. The van der Waals surface area contributed by atoms with Crippen LogP contribution in [0.15, 0.2) is 10.9 Å². The molecule has 0 saturated carbocycles. The summed E-state index contributed by atoms with van der Waals surface area (Å²) in [6.07, 6.45) is -0.809. The second-order valence-electron chi connectivity index (χ2n) is 8.86. The zero-order valence-electron chi connectivity index (χ0n) is 19.4. The first kappa shape index (κ1) is 25.5. The summed E-state index contributed by atoms with van der Waals surface area (Å²) in [6, 6.07) is -0.817. The molecule has 2 amide bonds. The average molecular weight is 514 g/mol. The summed E-state index contributed by atoms with van der Waals surface area (Å²) in [5.41, 5.74) is -1.56. The Labute approximate surface area is 194 Å². The Morgan fingerprint density at radius 2 is 1.59 bits per heavy atom. The van der Waals surface area contributed by atoms with Gasteiger partial charge in [-0.1, -0.05) is 0 Å². The third kappa shape index (κ3) is 5.93. The monoisotopic (exact) mass is 513 g/mol. The molecule has 176 valence electrons. The van der Waals surface area contributed by atoms with Gasteiger partial charge in [0.15, 0.2) is 11.5 Å². The van der Waals surface area contributed by atoms with Gasteiger partial charge in [0.05, 0.1) is 12.0 Å². The molecule has 0 aliphatic heterocycles. The third-order valence-electron chi connectivity index (χ3n) is 3.78. The number of rotatable bonds is 4. The molecule has 2 rings (SSSR count). The van der Waals surface area contributed by atoms with Gasteiger partial charge in [-0.2, -0.15) is 10.00 Å². The average Bonchev–Trinajstić information content (AvgIpc) is 2.96. The highest BCUT2D eigenvalue weighted by Crippen LogP contribution is 2.33. The zero-order chi connectivity index (χ0) is 24.4. The van der Waals surface area contributed by atoms with Crippen LogP contribution in [0, 0.1) is 0 Å². The van der Waals surface area contributed by atoms with Crippen molar-refractivity contribution in [1.29, 1.82) is 0 Å². The lowest BCUT2D eigenvalue weighted by molar-refractivity contribution is -0.146. The molecule has 2 heterocycles. The molecule has 1 unspecified atom stereocenters. The second kappa shape index (κ2) is 9.39. The van der Waals surface area contributed by atoms with E-state index in [4.69, 9.17) is 14.2 Å². The van der Waals surface area contributed by atoms with Crippen LogP contribution in [-0.4, -0.2) is 55.7 Å². The van der Waals surface area contributed by atoms with Crippen molar-refractivity contribution in [2.75, 3.05) is 11.5 Å². The van der Waals surface area contributed by atoms with Gasteiger partial charge < -0.3 is 14.2 Å². The Hall–Kier alpha value is -2.76. The molecule has 0 aromatic carbocycles. The van der Waals surface area contributed by atoms with E-state index in [0.29, 0.717) is 4.90 Å². The molecule has 1 atom stereocenters. The van der Waals surface area contributed by atoms with Crippen molar-refractivity contribution in [2.24, 2.45) is 0 Å². The molecule has 32 heavy (non-hydrogen) atoms. The molecule has 2 aromatic rings. The number of nitrogens with zero attached hydrogens (tertiary/aromatic N) is 5. The molecule has 0 bridgehead atoms. The first-order valence-electron chi connectivity index (χ1n) is 9.97. The number of anilines is 1. The molecule has 0 saturated heterocycles. The SMILES string of the molecule is CCOC(=O)C(C)n1nc(Br)c2c(N(C(=O)OC(C)(C)C)C(=O)OC(C)(C)C)ncnc21. The highest BCUT2D eigenvalue weighted by atomic mass is 79.9. The molecule has 2 aromatic heterocycles. The highest BCUT2D eigenvalue weighted by molar-refractivity contribution is 9.10. The van der Waals surface area contributed by atoms with Crippen LogP contribution in [0.1, 0.15) is 61.4 Å². The molecule has 12 heteroatoms. The summed E-state index contributed by atoms with van der Waals surface area (Å²) in [4.78, 5) is 47.3. The number of ether oxygens (including phenoxy) is 3. The van der Waals surface area contributed by atoms with Crippen LogP contribution in [0.2, 0.25) is 0 Å². The predicted molar refractivity (Wildman–Crippen MR) is 119 cm³/mol. The Kier molecular flexibility index (Phi) is 7.48. The van der Waals surface area contributed by atoms with Crippen LogP contribution in [0.25, 0.3) is 11.0 Å². The van der Waals surface area contributed by atoms with Crippen LogP contribution < -0.4 is 4.90 Å². The summed E-state index contributed by atoms with van der Waals surface area (Å²) >= 11 is 3.32.